The van der Waals surface area contributed by atoms with Crippen LogP contribution in [0.2, 0.25) is 0 Å². The molecule has 28 heavy (non-hydrogen) atoms. The van der Waals surface area contributed by atoms with Crippen molar-refractivity contribution in [3.05, 3.63) is 76.0 Å². The number of rotatable bonds is 4. The zero-order chi connectivity index (χ0) is 19.7. The molecule has 2 aromatic carbocycles. The fraction of sp³-hybridized carbons (Fsp3) is 0.0909. The molecule has 3 aromatic rings. The molecule has 2 heterocycles. The van der Waals surface area contributed by atoms with Gasteiger partial charge in [-0.3, -0.25) is 9.69 Å². The van der Waals surface area contributed by atoms with Gasteiger partial charge in [0, 0.05) is 27.1 Å². The fourth-order valence-electron chi connectivity index (χ4n) is 3.26. The Balaban J connectivity index is 1.65. The van der Waals surface area contributed by atoms with Crippen molar-refractivity contribution in [2.75, 3.05) is 0 Å². The Morgan fingerprint density at radius 3 is 2.61 bits per heavy atom. The van der Waals surface area contributed by atoms with Gasteiger partial charge in [0.2, 0.25) is 0 Å². The molecule has 0 radical (unpaired) electrons. The van der Waals surface area contributed by atoms with Crippen molar-refractivity contribution < 1.29 is 9.59 Å². The van der Waals surface area contributed by atoms with Crippen LogP contribution in [0.3, 0.4) is 0 Å². The molecule has 0 saturated carbocycles. The molecule has 4 rings (SSSR count). The summed E-state index contributed by atoms with van der Waals surface area (Å²) < 4.78 is 2.89. The maximum absolute atomic E-state index is 12.8. The summed E-state index contributed by atoms with van der Waals surface area (Å²) in [6.45, 7) is 0.647. The van der Waals surface area contributed by atoms with Crippen LogP contribution in [-0.2, 0) is 17.9 Å². The number of para-hydroxylation sites is 1. The van der Waals surface area contributed by atoms with Crippen LogP contribution in [0.1, 0.15) is 11.1 Å². The van der Waals surface area contributed by atoms with E-state index in [0.717, 1.165) is 26.5 Å². The van der Waals surface area contributed by atoms with Crippen LogP contribution < -0.4 is 5.32 Å². The van der Waals surface area contributed by atoms with Gasteiger partial charge in [0.1, 0.15) is 5.70 Å². The lowest BCUT2D eigenvalue weighted by atomic mass is 10.1. The van der Waals surface area contributed by atoms with E-state index < -0.39 is 6.03 Å². The van der Waals surface area contributed by atoms with Crippen molar-refractivity contribution in [1.29, 1.82) is 0 Å². The highest BCUT2D eigenvalue weighted by molar-refractivity contribution is 9.10. The molecular formula is C22H16BrN3O2. The van der Waals surface area contributed by atoms with Gasteiger partial charge in [-0.05, 0) is 29.8 Å². The SMILES string of the molecule is C#CCn1cc(/C=C2/NC(=O)N(Cc3ccc(Br)cc3)C2=O)c2ccccc21. The summed E-state index contributed by atoms with van der Waals surface area (Å²) >= 11 is 3.38. The lowest BCUT2D eigenvalue weighted by molar-refractivity contribution is -0.123. The molecule has 0 aliphatic carbocycles. The van der Waals surface area contributed by atoms with E-state index in [0.29, 0.717) is 6.54 Å². The van der Waals surface area contributed by atoms with Crippen molar-refractivity contribution >= 4 is 44.8 Å². The molecule has 1 aromatic heterocycles. The third-order valence-electron chi connectivity index (χ3n) is 4.60. The summed E-state index contributed by atoms with van der Waals surface area (Å²) in [5.74, 6) is 2.29. The molecule has 1 saturated heterocycles. The minimum absolute atomic E-state index is 0.216. The van der Waals surface area contributed by atoms with Crippen LogP contribution in [0, 0.1) is 12.3 Å². The standard InChI is InChI=1S/C22H16BrN3O2/c1-2-11-25-14-16(18-5-3-4-6-20(18)25)12-19-21(27)26(22(28)24-19)13-15-7-9-17(23)10-8-15/h1,3-10,12,14H,11,13H2,(H,24,28)/b19-12+. The van der Waals surface area contributed by atoms with Crippen molar-refractivity contribution in [3.63, 3.8) is 0 Å². The minimum Gasteiger partial charge on any atom is -0.335 e. The number of imide groups is 1. The Bertz CT molecular complexity index is 1150. The number of hydrogen-bond acceptors (Lipinski definition) is 2. The predicted octanol–water partition coefficient (Wildman–Crippen LogP) is 4.13. The van der Waals surface area contributed by atoms with Crippen molar-refractivity contribution in [3.8, 4) is 12.3 Å². The monoisotopic (exact) mass is 433 g/mol. The van der Waals surface area contributed by atoms with Gasteiger partial charge >= 0.3 is 6.03 Å². The molecule has 0 spiro atoms. The van der Waals surface area contributed by atoms with Crippen LogP contribution in [0.15, 0.2) is 64.9 Å². The van der Waals surface area contributed by atoms with E-state index in [1.807, 2.05) is 59.3 Å². The number of urea groups is 1. The molecule has 1 N–H and O–H groups in total. The molecule has 6 heteroatoms. The Labute approximate surface area is 170 Å². The number of amides is 3. The fourth-order valence-corrected chi connectivity index (χ4v) is 3.53. The van der Waals surface area contributed by atoms with Gasteiger partial charge in [-0.2, -0.15) is 0 Å². The summed E-state index contributed by atoms with van der Waals surface area (Å²) in [4.78, 5) is 26.3. The summed E-state index contributed by atoms with van der Waals surface area (Å²) in [5.41, 5.74) is 2.94. The number of fused-ring (bicyclic) bond motifs is 1. The van der Waals surface area contributed by atoms with Crippen LogP contribution in [0.5, 0.6) is 0 Å². The Morgan fingerprint density at radius 1 is 1.11 bits per heavy atom. The molecule has 0 bridgehead atoms. The molecule has 1 fully saturated rings. The number of nitrogens with one attached hydrogen (secondary N) is 1. The maximum atomic E-state index is 12.8. The zero-order valence-electron chi connectivity index (χ0n) is 14.9. The molecular weight excluding hydrogens is 418 g/mol. The maximum Gasteiger partial charge on any atom is 0.329 e. The topological polar surface area (TPSA) is 54.3 Å². The number of benzene rings is 2. The van der Waals surface area contributed by atoms with Gasteiger partial charge in [-0.25, -0.2) is 4.79 Å². The van der Waals surface area contributed by atoms with E-state index in [4.69, 9.17) is 6.42 Å². The smallest absolute Gasteiger partial charge is 0.329 e. The molecule has 0 atom stereocenters. The molecule has 0 unspecified atom stereocenters. The first-order valence-electron chi connectivity index (χ1n) is 8.67. The Kier molecular flexibility index (Phi) is 4.76. The van der Waals surface area contributed by atoms with E-state index >= 15 is 0 Å². The number of aromatic nitrogens is 1. The lowest BCUT2D eigenvalue weighted by Gasteiger charge is -2.11. The van der Waals surface area contributed by atoms with E-state index in [1.165, 1.54) is 4.90 Å². The van der Waals surface area contributed by atoms with Crippen LogP contribution in [-0.4, -0.2) is 21.4 Å². The largest absolute Gasteiger partial charge is 0.335 e. The first-order valence-corrected chi connectivity index (χ1v) is 9.46. The van der Waals surface area contributed by atoms with Crippen molar-refractivity contribution in [1.82, 2.24) is 14.8 Å². The normalized spacial score (nSPS) is 15.3. The zero-order valence-corrected chi connectivity index (χ0v) is 16.4. The second-order valence-corrected chi connectivity index (χ2v) is 7.36. The molecule has 3 amide bonds. The van der Waals surface area contributed by atoms with Crippen molar-refractivity contribution in [2.45, 2.75) is 13.1 Å². The number of terminal acetylenes is 1. The van der Waals surface area contributed by atoms with Gasteiger partial charge in [0.25, 0.3) is 5.91 Å². The predicted molar refractivity (Wildman–Crippen MR) is 112 cm³/mol. The number of nitrogens with zero attached hydrogens (tertiary/aromatic N) is 2. The van der Waals surface area contributed by atoms with Crippen LogP contribution in [0.4, 0.5) is 4.79 Å². The molecule has 1 aliphatic heterocycles. The van der Waals surface area contributed by atoms with E-state index in [9.17, 15) is 9.59 Å². The van der Waals surface area contributed by atoms with Crippen LogP contribution >= 0.6 is 15.9 Å². The summed E-state index contributed by atoms with van der Waals surface area (Å²) in [5, 5.41) is 3.65. The minimum atomic E-state index is -0.425. The number of halogens is 1. The average Bonchev–Trinajstić information content (AvgIpc) is 3.17. The van der Waals surface area contributed by atoms with E-state index in [1.54, 1.807) is 6.08 Å². The van der Waals surface area contributed by atoms with Gasteiger partial charge in [0.05, 0.1) is 13.1 Å². The van der Waals surface area contributed by atoms with Gasteiger partial charge in [0.15, 0.2) is 0 Å². The highest BCUT2D eigenvalue weighted by atomic mass is 79.9. The van der Waals surface area contributed by atoms with Crippen LogP contribution in [0.25, 0.3) is 17.0 Å². The quantitative estimate of drug-likeness (QED) is 0.382. The first-order chi connectivity index (χ1) is 13.6. The van der Waals surface area contributed by atoms with Gasteiger partial charge in [-0.1, -0.05) is 52.2 Å². The second-order valence-electron chi connectivity index (χ2n) is 6.44. The summed E-state index contributed by atoms with van der Waals surface area (Å²) in [7, 11) is 0. The van der Waals surface area contributed by atoms with Gasteiger partial charge in [-0.15, -0.1) is 6.42 Å². The number of carbonyl (C=O) groups excluding carboxylic acids is 2. The average molecular weight is 434 g/mol. The molecule has 1 aliphatic rings. The lowest BCUT2D eigenvalue weighted by Crippen LogP contribution is -2.30. The van der Waals surface area contributed by atoms with Crippen molar-refractivity contribution in [2.24, 2.45) is 0 Å². The second kappa shape index (κ2) is 7.37. The third kappa shape index (κ3) is 3.32. The number of hydrogen-bond donors (Lipinski definition) is 1. The van der Waals surface area contributed by atoms with E-state index in [2.05, 4.69) is 27.2 Å². The molecule has 138 valence electrons. The van der Waals surface area contributed by atoms with E-state index in [-0.39, 0.29) is 18.1 Å². The Morgan fingerprint density at radius 2 is 1.86 bits per heavy atom. The summed E-state index contributed by atoms with van der Waals surface area (Å²) in [6, 6.07) is 14.9. The number of carbonyl (C=O) groups is 2. The summed E-state index contributed by atoms with van der Waals surface area (Å²) in [6.07, 6.45) is 9.06. The Hall–Kier alpha value is -3.30. The molecule has 5 nitrogen and oxygen atoms in total. The third-order valence-corrected chi connectivity index (χ3v) is 5.13. The van der Waals surface area contributed by atoms with Gasteiger partial charge < -0.3 is 9.88 Å². The highest BCUT2D eigenvalue weighted by Gasteiger charge is 2.33. The first kappa shape index (κ1) is 18.1. The highest BCUT2D eigenvalue weighted by Crippen LogP contribution is 2.25.